The maximum Gasteiger partial charge on any atom is 0.171 e. The summed E-state index contributed by atoms with van der Waals surface area (Å²) in [5, 5.41) is 4.32. The molecule has 0 bridgehead atoms. The second kappa shape index (κ2) is 5.82. The lowest BCUT2D eigenvalue weighted by Crippen LogP contribution is -2.59. The molecule has 3 nitrogen and oxygen atoms in total. The van der Waals surface area contributed by atoms with E-state index in [0.29, 0.717) is 6.04 Å². The molecule has 0 aromatic carbocycles. The SMILES string of the molecule is CCCN1CNC(=S)N(C2CCCCC2)C1. The van der Waals surface area contributed by atoms with Crippen molar-refractivity contribution in [3.63, 3.8) is 0 Å². The highest BCUT2D eigenvalue weighted by atomic mass is 32.1. The molecule has 92 valence electrons. The smallest absolute Gasteiger partial charge is 0.171 e. The Morgan fingerprint density at radius 2 is 2.06 bits per heavy atom. The average molecular weight is 241 g/mol. The van der Waals surface area contributed by atoms with E-state index in [1.165, 1.54) is 45.1 Å². The van der Waals surface area contributed by atoms with E-state index in [4.69, 9.17) is 12.2 Å². The van der Waals surface area contributed by atoms with Crippen molar-refractivity contribution >= 4 is 17.3 Å². The fourth-order valence-electron chi connectivity index (χ4n) is 2.75. The van der Waals surface area contributed by atoms with Crippen LogP contribution in [0.4, 0.5) is 0 Å². The third kappa shape index (κ3) is 2.86. The first kappa shape index (κ1) is 12.1. The summed E-state index contributed by atoms with van der Waals surface area (Å²) in [5.41, 5.74) is 0. The molecule has 16 heavy (non-hydrogen) atoms. The van der Waals surface area contributed by atoms with Gasteiger partial charge in [-0.15, -0.1) is 0 Å². The molecule has 0 unspecified atom stereocenters. The molecule has 0 amide bonds. The van der Waals surface area contributed by atoms with Gasteiger partial charge in [-0.05, 0) is 31.5 Å². The molecule has 1 saturated carbocycles. The van der Waals surface area contributed by atoms with Crippen LogP contribution in [-0.4, -0.2) is 40.8 Å². The Kier molecular flexibility index (Phi) is 4.41. The summed E-state index contributed by atoms with van der Waals surface area (Å²) in [7, 11) is 0. The summed E-state index contributed by atoms with van der Waals surface area (Å²) in [6, 6.07) is 0.688. The van der Waals surface area contributed by atoms with Gasteiger partial charge < -0.3 is 10.2 Å². The molecule has 0 radical (unpaired) electrons. The number of thiocarbonyl (C=S) groups is 1. The van der Waals surface area contributed by atoms with Gasteiger partial charge >= 0.3 is 0 Å². The first-order chi connectivity index (χ1) is 7.81. The van der Waals surface area contributed by atoms with Gasteiger partial charge in [0.25, 0.3) is 0 Å². The Morgan fingerprint density at radius 3 is 2.75 bits per heavy atom. The predicted octanol–water partition coefficient (Wildman–Crippen LogP) is 2.14. The molecule has 1 saturated heterocycles. The fourth-order valence-corrected chi connectivity index (χ4v) is 3.02. The van der Waals surface area contributed by atoms with Gasteiger partial charge in [0.05, 0.1) is 13.3 Å². The average Bonchev–Trinajstić information content (AvgIpc) is 2.33. The van der Waals surface area contributed by atoms with Crippen LogP contribution in [0.3, 0.4) is 0 Å². The summed E-state index contributed by atoms with van der Waals surface area (Å²) in [5.74, 6) is 0. The maximum atomic E-state index is 5.43. The first-order valence-corrected chi connectivity index (χ1v) is 6.99. The van der Waals surface area contributed by atoms with E-state index in [0.717, 1.165) is 18.4 Å². The molecule has 0 aromatic rings. The van der Waals surface area contributed by atoms with Crippen molar-refractivity contribution in [3.05, 3.63) is 0 Å². The monoisotopic (exact) mass is 241 g/mol. The molecule has 0 aromatic heterocycles. The highest BCUT2D eigenvalue weighted by Crippen LogP contribution is 2.23. The minimum atomic E-state index is 0.688. The number of rotatable bonds is 3. The second-order valence-electron chi connectivity index (χ2n) is 4.94. The van der Waals surface area contributed by atoms with E-state index in [1.807, 2.05) is 0 Å². The number of hydrogen-bond donors (Lipinski definition) is 1. The van der Waals surface area contributed by atoms with E-state index in [9.17, 15) is 0 Å². The highest BCUT2D eigenvalue weighted by Gasteiger charge is 2.27. The van der Waals surface area contributed by atoms with Gasteiger partial charge in [0.15, 0.2) is 5.11 Å². The van der Waals surface area contributed by atoms with Crippen LogP contribution in [0.5, 0.6) is 0 Å². The third-order valence-electron chi connectivity index (χ3n) is 3.62. The van der Waals surface area contributed by atoms with E-state index in [-0.39, 0.29) is 0 Å². The third-order valence-corrected chi connectivity index (χ3v) is 4.00. The summed E-state index contributed by atoms with van der Waals surface area (Å²) in [4.78, 5) is 4.86. The molecule has 0 spiro atoms. The second-order valence-corrected chi connectivity index (χ2v) is 5.32. The maximum absolute atomic E-state index is 5.43. The normalized spacial score (nSPS) is 24.6. The standard InChI is InChI=1S/C12H23N3S/c1-2-8-14-9-13-12(16)15(10-14)11-6-4-3-5-7-11/h11H,2-10H2,1H3,(H,13,16). The van der Waals surface area contributed by atoms with Crippen LogP contribution in [0.15, 0.2) is 0 Å². The van der Waals surface area contributed by atoms with Crippen molar-refractivity contribution < 1.29 is 0 Å². The van der Waals surface area contributed by atoms with Crippen molar-refractivity contribution in [2.24, 2.45) is 0 Å². The zero-order valence-corrected chi connectivity index (χ0v) is 11.1. The lowest BCUT2D eigenvalue weighted by atomic mass is 9.94. The van der Waals surface area contributed by atoms with Crippen molar-refractivity contribution in [1.82, 2.24) is 15.1 Å². The summed E-state index contributed by atoms with van der Waals surface area (Å²) >= 11 is 5.43. The lowest BCUT2D eigenvalue weighted by molar-refractivity contribution is 0.107. The number of nitrogens with zero attached hydrogens (tertiary/aromatic N) is 2. The Morgan fingerprint density at radius 1 is 1.31 bits per heavy atom. The molecule has 2 aliphatic rings. The zero-order chi connectivity index (χ0) is 11.4. The van der Waals surface area contributed by atoms with E-state index >= 15 is 0 Å². The van der Waals surface area contributed by atoms with Gasteiger partial charge in [0, 0.05) is 12.6 Å². The van der Waals surface area contributed by atoms with Crippen LogP contribution in [0.25, 0.3) is 0 Å². The molecule has 1 aliphatic carbocycles. The molecule has 1 N–H and O–H groups in total. The highest BCUT2D eigenvalue weighted by molar-refractivity contribution is 7.80. The Balaban J connectivity index is 1.91. The van der Waals surface area contributed by atoms with E-state index in [1.54, 1.807) is 0 Å². The minimum absolute atomic E-state index is 0.688. The molecule has 4 heteroatoms. The zero-order valence-electron chi connectivity index (χ0n) is 10.2. The molecule has 1 aliphatic heterocycles. The van der Waals surface area contributed by atoms with Crippen molar-refractivity contribution in [3.8, 4) is 0 Å². The number of hydrogen-bond acceptors (Lipinski definition) is 2. The minimum Gasteiger partial charge on any atom is -0.350 e. The Hall–Kier alpha value is -0.350. The largest absolute Gasteiger partial charge is 0.350 e. The fraction of sp³-hybridized carbons (Fsp3) is 0.917. The van der Waals surface area contributed by atoms with Crippen LogP contribution < -0.4 is 5.32 Å². The predicted molar refractivity (Wildman–Crippen MR) is 71.2 cm³/mol. The van der Waals surface area contributed by atoms with Crippen molar-refractivity contribution in [2.45, 2.75) is 51.5 Å². The summed E-state index contributed by atoms with van der Waals surface area (Å²) < 4.78 is 0. The van der Waals surface area contributed by atoms with Crippen LogP contribution >= 0.6 is 12.2 Å². The van der Waals surface area contributed by atoms with Gasteiger partial charge in [-0.1, -0.05) is 26.2 Å². The first-order valence-electron chi connectivity index (χ1n) is 6.58. The van der Waals surface area contributed by atoms with Crippen molar-refractivity contribution in [2.75, 3.05) is 19.9 Å². The van der Waals surface area contributed by atoms with Gasteiger partial charge in [-0.2, -0.15) is 0 Å². The van der Waals surface area contributed by atoms with Gasteiger partial charge in [-0.3, -0.25) is 4.90 Å². The van der Waals surface area contributed by atoms with E-state index in [2.05, 4.69) is 22.0 Å². The van der Waals surface area contributed by atoms with E-state index < -0.39 is 0 Å². The molecule has 1 heterocycles. The molecular formula is C12H23N3S. The van der Waals surface area contributed by atoms with Crippen LogP contribution in [-0.2, 0) is 0 Å². The quantitative estimate of drug-likeness (QED) is 0.763. The molecule has 0 atom stereocenters. The summed E-state index contributed by atoms with van der Waals surface area (Å²) in [6.07, 6.45) is 8.01. The van der Waals surface area contributed by atoms with Crippen LogP contribution in [0.1, 0.15) is 45.4 Å². The van der Waals surface area contributed by atoms with Gasteiger partial charge in [-0.25, -0.2) is 0 Å². The molecule has 2 fully saturated rings. The van der Waals surface area contributed by atoms with Crippen molar-refractivity contribution in [1.29, 1.82) is 0 Å². The number of nitrogens with one attached hydrogen (secondary N) is 1. The van der Waals surface area contributed by atoms with Crippen LogP contribution in [0, 0.1) is 0 Å². The topological polar surface area (TPSA) is 18.5 Å². The Bertz CT molecular complexity index is 238. The lowest BCUT2D eigenvalue weighted by Gasteiger charge is -2.43. The van der Waals surface area contributed by atoms with Gasteiger partial charge in [0.1, 0.15) is 0 Å². The van der Waals surface area contributed by atoms with Gasteiger partial charge in [0.2, 0.25) is 0 Å². The Labute approximate surface area is 104 Å². The molecular weight excluding hydrogens is 218 g/mol. The molecule has 2 rings (SSSR count). The summed E-state index contributed by atoms with van der Waals surface area (Å²) in [6.45, 7) is 5.36. The van der Waals surface area contributed by atoms with Crippen LogP contribution in [0.2, 0.25) is 0 Å².